The number of hydrogen-bond acceptors (Lipinski definition) is 7. The fraction of sp³-hybridized carbons (Fsp3) is 0.118. The van der Waals surface area contributed by atoms with Gasteiger partial charge in [0.15, 0.2) is 0 Å². The second-order valence-electron chi connectivity index (χ2n) is 6.64. The van der Waals surface area contributed by atoms with Crippen LogP contribution in [0.4, 0.5) is 5.69 Å². The Labute approximate surface area is 234 Å². The maximum atomic E-state index is 13.3. The Kier molecular flexibility index (Phi) is 7.90. The van der Waals surface area contributed by atoms with E-state index in [-0.39, 0.29) is 65.5 Å². The molecule has 0 aliphatic heterocycles. The van der Waals surface area contributed by atoms with Gasteiger partial charge in [0.25, 0.3) is 0 Å². The van der Waals surface area contributed by atoms with Gasteiger partial charge in [-0.15, -0.1) is 0 Å². The van der Waals surface area contributed by atoms with Crippen LogP contribution in [0.3, 0.4) is 0 Å². The molecule has 3 rings (SSSR count). The fourth-order valence-corrected chi connectivity index (χ4v) is 4.30. The SMILES string of the molecule is CN(C)N=Nc1cc2c(=O)c(-c3cc[c]([K])cc3)c(OS(=O)(=O)O)oc2c[c]1[K]. The molecule has 2 aromatic carbocycles. The Balaban J connectivity index is 2.34. The van der Waals surface area contributed by atoms with Gasteiger partial charge in [0.2, 0.25) is 0 Å². The van der Waals surface area contributed by atoms with Crippen LogP contribution in [0.1, 0.15) is 0 Å². The van der Waals surface area contributed by atoms with E-state index < -0.39 is 21.8 Å². The molecule has 0 radical (unpaired) electrons. The molecule has 0 spiro atoms. The predicted molar refractivity (Wildman–Crippen MR) is 109 cm³/mol. The van der Waals surface area contributed by atoms with E-state index in [2.05, 4.69) is 14.5 Å². The minimum atomic E-state index is -4.89. The average molecular weight is 466 g/mol. The van der Waals surface area contributed by atoms with Gasteiger partial charge < -0.3 is 0 Å². The van der Waals surface area contributed by atoms with Crippen molar-refractivity contribution in [2.45, 2.75) is 0 Å². The van der Waals surface area contributed by atoms with E-state index in [1.54, 1.807) is 38.4 Å². The summed E-state index contributed by atoms with van der Waals surface area (Å²) in [4.78, 5) is 13.3. The number of hydrogen-bond donors (Lipinski definition) is 1. The first-order chi connectivity index (χ1) is 13.5. The molecule has 0 saturated carbocycles. The van der Waals surface area contributed by atoms with Crippen LogP contribution in [0.5, 0.6) is 5.95 Å². The zero-order chi connectivity index (χ0) is 21.3. The van der Waals surface area contributed by atoms with E-state index >= 15 is 0 Å². The van der Waals surface area contributed by atoms with Gasteiger partial charge >= 0.3 is 239 Å². The quantitative estimate of drug-likeness (QED) is 0.256. The normalized spacial score (nSPS) is 12.0. The number of nitrogens with zero attached hydrogens (tertiary/aromatic N) is 3. The molecule has 3 aromatic rings. The van der Waals surface area contributed by atoms with E-state index in [0.717, 1.165) is -0.684 Å². The van der Waals surface area contributed by atoms with Crippen molar-refractivity contribution < 1.29 is 21.6 Å². The van der Waals surface area contributed by atoms with Gasteiger partial charge in [0.1, 0.15) is 0 Å². The molecule has 0 aliphatic rings. The molecule has 29 heavy (non-hydrogen) atoms. The van der Waals surface area contributed by atoms with Crippen LogP contribution in [0, 0.1) is 0 Å². The van der Waals surface area contributed by atoms with Crippen LogP contribution in [-0.2, 0) is 10.4 Å². The van der Waals surface area contributed by atoms with Gasteiger partial charge in [0.05, 0.1) is 0 Å². The molecule has 12 heteroatoms. The van der Waals surface area contributed by atoms with E-state index in [0.29, 0.717) is 60.2 Å². The van der Waals surface area contributed by atoms with Crippen molar-refractivity contribution in [2.24, 2.45) is 10.3 Å². The van der Waals surface area contributed by atoms with Crippen LogP contribution in [0.2, 0.25) is 0 Å². The summed E-state index contributed by atoms with van der Waals surface area (Å²) in [6, 6.07) is 10.2. The topological polar surface area (TPSA) is 122 Å². The molecule has 0 atom stereocenters. The van der Waals surface area contributed by atoms with Gasteiger partial charge in [-0.3, -0.25) is 0 Å². The van der Waals surface area contributed by atoms with Crippen LogP contribution < -0.4 is 8.93 Å². The van der Waals surface area contributed by atoms with Crippen LogP contribution in [0.25, 0.3) is 22.1 Å². The summed E-state index contributed by atoms with van der Waals surface area (Å²) in [6.07, 6.45) is 0. The Morgan fingerprint density at radius 3 is 2.38 bits per heavy atom. The second kappa shape index (κ2) is 9.67. The Morgan fingerprint density at radius 1 is 1.14 bits per heavy atom. The summed E-state index contributed by atoms with van der Waals surface area (Å²) >= 11 is 0.619. The van der Waals surface area contributed by atoms with Gasteiger partial charge in [-0.25, -0.2) is 0 Å². The second-order valence-corrected chi connectivity index (χ2v) is 11.1. The third-order valence-corrected chi connectivity index (χ3v) is 6.68. The van der Waals surface area contributed by atoms with Crippen molar-refractivity contribution in [3.8, 4) is 17.1 Å². The average Bonchev–Trinajstić information content (AvgIpc) is 2.60. The van der Waals surface area contributed by atoms with Crippen molar-refractivity contribution in [1.82, 2.24) is 5.01 Å². The molecule has 0 bridgehead atoms. The van der Waals surface area contributed by atoms with E-state index in [9.17, 15) is 13.2 Å². The van der Waals surface area contributed by atoms with Crippen LogP contribution in [0.15, 0.2) is 55.9 Å². The van der Waals surface area contributed by atoms with E-state index in [1.165, 1.54) is 5.01 Å². The molecule has 0 fully saturated rings. The first-order valence-electron chi connectivity index (χ1n) is 8.49. The van der Waals surface area contributed by atoms with Gasteiger partial charge in [-0.1, -0.05) is 0 Å². The third-order valence-electron chi connectivity index (χ3n) is 4.03. The third kappa shape index (κ3) is 6.05. The summed E-state index contributed by atoms with van der Waals surface area (Å²) in [5, 5.41) is 9.86. The van der Waals surface area contributed by atoms with Crippen molar-refractivity contribution >= 4 is 124 Å². The summed E-state index contributed by atoms with van der Waals surface area (Å²) in [6.45, 7) is 0. The Hall–Kier alpha value is 0.0327. The van der Waals surface area contributed by atoms with Crippen molar-refractivity contribution in [2.75, 3.05) is 14.1 Å². The summed E-state index contributed by atoms with van der Waals surface area (Å²) in [5.41, 5.74) is 0.519. The first-order valence-corrected chi connectivity index (χ1v) is 13.0. The summed E-state index contributed by atoms with van der Waals surface area (Å²) in [5.74, 6) is -0.579. The molecule has 1 heterocycles. The van der Waals surface area contributed by atoms with Gasteiger partial charge in [0, 0.05) is 0 Å². The molecule has 0 aliphatic carbocycles. The maximum absolute atomic E-state index is 13.3. The molecule has 0 saturated heterocycles. The van der Waals surface area contributed by atoms with Crippen molar-refractivity contribution in [3.05, 3.63) is 46.6 Å². The molecule has 9 nitrogen and oxygen atoms in total. The Bertz CT molecular complexity index is 1270. The molecule has 0 amide bonds. The van der Waals surface area contributed by atoms with Crippen LogP contribution >= 0.6 is 0 Å². The Morgan fingerprint density at radius 2 is 1.79 bits per heavy atom. The molecule has 1 aromatic heterocycles. The van der Waals surface area contributed by atoms with Crippen LogP contribution in [-0.4, -0.2) is 130 Å². The molecular formula is C17H13K2N3O6S. The van der Waals surface area contributed by atoms with Crippen molar-refractivity contribution in [3.63, 3.8) is 0 Å². The molecule has 140 valence electrons. The monoisotopic (exact) mass is 465 g/mol. The zero-order valence-electron chi connectivity index (χ0n) is 16.2. The molecule has 0 unspecified atom stereocenters. The molecular weight excluding hydrogens is 452 g/mol. The first kappa shape index (κ1) is 23.7. The summed E-state index contributed by atoms with van der Waals surface area (Å²) in [7, 11) is -1.43. The number of benzene rings is 2. The number of fused-ring (bicyclic) bond motifs is 1. The van der Waals surface area contributed by atoms with E-state index in [4.69, 9.17) is 8.97 Å². The summed E-state index contributed by atoms with van der Waals surface area (Å²) < 4.78 is 43.9. The number of rotatable bonds is 5. The van der Waals surface area contributed by atoms with Gasteiger partial charge in [-0.05, 0) is 0 Å². The van der Waals surface area contributed by atoms with Gasteiger partial charge in [-0.2, -0.15) is 0 Å². The fourth-order valence-electron chi connectivity index (χ4n) is 2.68. The minimum absolute atomic E-state index is 0.0940. The standard InChI is InChI=1S/C17H13N3O6S.2K/c1-20(2)19-18-12-8-9-14-13(10-12)16(21)15(11-6-4-3-5-7-11)17(25-14)26-27(22,23)24;;/h4-7,9-10H,1-2H3,(H,22,23,24);;. The van der Waals surface area contributed by atoms with Crippen molar-refractivity contribution in [1.29, 1.82) is 0 Å². The predicted octanol–water partition coefficient (Wildman–Crippen LogP) is 0.789. The zero-order valence-corrected chi connectivity index (χ0v) is 23.3. The van der Waals surface area contributed by atoms with E-state index in [1.807, 2.05) is 12.1 Å². The molecule has 1 N–H and O–H groups in total.